The number of halogens is 2. The average molecular weight is 550 g/mol. The van der Waals surface area contributed by atoms with Gasteiger partial charge < -0.3 is 15.5 Å². The van der Waals surface area contributed by atoms with E-state index in [4.69, 9.17) is 4.99 Å². The van der Waals surface area contributed by atoms with Gasteiger partial charge in [-0.25, -0.2) is 0 Å². The minimum Gasteiger partial charge on any atom is -0.357 e. The summed E-state index contributed by atoms with van der Waals surface area (Å²) in [7, 11) is 4.42. The van der Waals surface area contributed by atoms with Crippen molar-refractivity contribution in [3.63, 3.8) is 0 Å². The predicted octanol–water partition coefficient (Wildman–Crippen LogP) is 2.90. The van der Waals surface area contributed by atoms with Crippen molar-refractivity contribution in [2.45, 2.75) is 31.2 Å². The lowest BCUT2D eigenvalue weighted by Gasteiger charge is -2.38. The molecular weight excluding hydrogens is 517 g/mol. The van der Waals surface area contributed by atoms with Gasteiger partial charge >= 0.3 is 0 Å². The largest absolute Gasteiger partial charge is 0.357 e. The molecule has 1 saturated heterocycles. The van der Waals surface area contributed by atoms with Crippen molar-refractivity contribution in [2.24, 2.45) is 4.99 Å². The molecule has 1 heterocycles. The molecule has 2 aliphatic rings. The molecular formula is C20H33BrIN5. The van der Waals surface area contributed by atoms with Crippen molar-refractivity contribution in [2.75, 3.05) is 53.4 Å². The Balaban J connectivity index is 0.00000261. The van der Waals surface area contributed by atoms with Gasteiger partial charge in [-0.2, -0.15) is 0 Å². The van der Waals surface area contributed by atoms with Crippen LogP contribution in [0.25, 0.3) is 0 Å². The highest BCUT2D eigenvalue weighted by Crippen LogP contribution is 2.50. The van der Waals surface area contributed by atoms with Crippen LogP contribution in [0.2, 0.25) is 0 Å². The molecule has 0 aromatic heterocycles. The van der Waals surface area contributed by atoms with E-state index in [0.29, 0.717) is 6.04 Å². The fraction of sp³-hybridized carbons (Fsp3) is 0.650. The Morgan fingerprint density at radius 2 is 1.96 bits per heavy atom. The van der Waals surface area contributed by atoms with E-state index in [9.17, 15) is 0 Å². The van der Waals surface area contributed by atoms with E-state index in [1.54, 1.807) is 0 Å². The second-order valence-electron chi connectivity index (χ2n) is 7.73. The number of aliphatic imine (C=N–C) groups is 1. The molecule has 0 bridgehead atoms. The maximum atomic E-state index is 4.94. The van der Waals surface area contributed by atoms with Crippen LogP contribution in [0.5, 0.6) is 0 Å². The van der Waals surface area contributed by atoms with Gasteiger partial charge in [0.2, 0.25) is 0 Å². The maximum absolute atomic E-state index is 4.94. The second kappa shape index (κ2) is 10.4. The number of hydrogen-bond donors (Lipinski definition) is 2. The minimum absolute atomic E-state index is 0. The molecule has 0 spiro atoms. The highest BCUT2D eigenvalue weighted by Gasteiger charge is 2.45. The first-order valence-electron chi connectivity index (χ1n) is 9.70. The zero-order valence-corrected chi connectivity index (χ0v) is 20.6. The number of rotatable bonds is 6. The standard InChI is InChI=1S/C20H32BrN5.HI/c1-4-22-19(23-13-16-14-25(2)11-12-26(16)3)24-15-20(9-10-20)17-7-5-6-8-18(17)21;/h5-8,16H,4,9-15H2,1-3H3,(H2,22,23,24);1H. The molecule has 2 fully saturated rings. The predicted molar refractivity (Wildman–Crippen MR) is 128 cm³/mol. The van der Waals surface area contributed by atoms with Crippen molar-refractivity contribution >= 4 is 45.9 Å². The third kappa shape index (κ3) is 6.05. The Hall–Kier alpha value is -0.380. The van der Waals surface area contributed by atoms with Crippen molar-refractivity contribution in [1.29, 1.82) is 0 Å². The number of hydrogen-bond acceptors (Lipinski definition) is 3. The van der Waals surface area contributed by atoms with E-state index in [1.807, 2.05) is 0 Å². The smallest absolute Gasteiger partial charge is 0.191 e. The van der Waals surface area contributed by atoms with E-state index in [1.165, 1.54) is 22.9 Å². The number of nitrogens with one attached hydrogen (secondary N) is 2. The molecule has 0 radical (unpaired) electrons. The summed E-state index contributed by atoms with van der Waals surface area (Å²) in [6.07, 6.45) is 2.43. The monoisotopic (exact) mass is 549 g/mol. The van der Waals surface area contributed by atoms with Crippen molar-refractivity contribution in [3.05, 3.63) is 34.3 Å². The van der Waals surface area contributed by atoms with E-state index in [0.717, 1.165) is 45.2 Å². The quantitative estimate of drug-likeness (QED) is 0.325. The average Bonchev–Trinajstić information content (AvgIpc) is 3.41. The van der Waals surface area contributed by atoms with Gasteiger partial charge in [-0.05, 0) is 45.5 Å². The van der Waals surface area contributed by atoms with E-state index in [-0.39, 0.29) is 29.4 Å². The van der Waals surface area contributed by atoms with Crippen LogP contribution >= 0.6 is 39.9 Å². The van der Waals surface area contributed by atoms with Crippen LogP contribution in [0.4, 0.5) is 0 Å². The summed E-state index contributed by atoms with van der Waals surface area (Å²) in [5.74, 6) is 0.937. The molecule has 1 aromatic carbocycles. The molecule has 1 aliphatic heterocycles. The third-order valence-corrected chi connectivity index (χ3v) is 6.36. The lowest BCUT2D eigenvalue weighted by molar-refractivity contribution is 0.116. The molecule has 27 heavy (non-hydrogen) atoms. The lowest BCUT2D eigenvalue weighted by atomic mass is 9.96. The number of likely N-dealkylation sites (N-methyl/N-ethyl adjacent to an activating group) is 2. The maximum Gasteiger partial charge on any atom is 0.191 e. The Labute approximate surface area is 189 Å². The molecule has 1 unspecified atom stereocenters. The summed E-state index contributed by atoms with van der Waals surface area (Å²) in [6, 6.07) is 9.10. The molecule has 3 rings (SSSR count). The normalized spacial score (nSPS) is 22.8. The van der Waals surface area contributed by atoms with Gasteiger partial charge in [0.25, 0.3) is 0 Å². The fourth-order valence-electron chi connectivity index (χ4n) is 3.66. The Morgan fingerprint density at radius 3 is 2.63 bits per heavy atom. The number of benzene rings is 1. The van der Waals surface area contributed by atoms with Gasteiger partial charge in [0, 0.05) is 48.7 Å². The van der Waals surface area contributed by atoms with Gasteiger partial charge in [0.05, 0.1) is 6.54 Å². The Morgan fingerprint density at radius 1 is 1.22 bits per heavy atom. The highest BCUT2D eigenvalue weighted by molar-refractivity contribution is 14.0. The van der Waals surface area contributed by atoms with Crippen LogP contribution in [-0.2, 0) is 5.41 Å². The van der Waals surface area contributed by atoms with Gasteiger partial charge in [0.1, 0.15) is 0 Å². The minimum atomic E-state index is 0. The zero-order valence-electron chi connectivity index (χ0n) is 16.7. The van der Waals surface area contributed by atoms with Crippen LogP contribution in [0.15, 0.2) is 33.7 Å². The van der Waals surface area contributed by atoms with Crippen LogP contribution in [0.3, 0.4) is 0 Å². The van der Waals surface area contributed by atoms with Crippen molar-refractivity contribution < 1.29 is 0 Å². The van der Waals surface area contributed by atoms with Crippen LogP contribution in [0.1, 0.15) is 25.3 Å². The van der Waals surface area contributed by atoms with Gasteiger partial charge in [-0.3, -0.25) is 9.89 Å². The summed E-state index contributed by atoms with van der Waals surface area (Å²) in [6.45, 7) is 8.15. The fourth-order valence-corrected chi connectivity index (χ4v) is 4.37. The zero-order chi connectivity index (χ0) is 18.6. The second-order valence-corrected chi connectivity index (χ2v) is 8.59. The molecule has 1 aromatic rings. The summed E-state index contributed by atoms with van der Waals surface area (Å²) < 4.78 is 1.21. The van der Waals surface area contributed by atoms with Crippen molar-refractivity contribution in [1.82, 2.24) is 20.4 Å². The first kappa shape index (κ1) is 22.9. The summed E-state index contributed by atoms with van der Waals surface area (Å²) in [5, 5.41) is 6.98. The van der Waals surface area contributed by atoms with E-state index < -0.39 is 0 Å². The lowest BCUT2D eigenvalue weighted by Crippen LogP contribution is -2.55. The summed E-state index contributed by atoms with van der Waals surface area (Å²) >= 11 is 3.72. The molecule has 5 nitrogen and oxygen atoms in total. The van der Waals surface area contributed by atoms with Crippen LogP contribution < -0.4 is 10.6 Å². The van der Waals surface area contributed by atoms with E-state index in [2.05, 4.69) is 81.6 Å². The molecule has 1 atom stereocenters. The first-order chi connectivity index (χ1) is 12.5. The van der Waals surface area contributed by atoms with Crippen molar-refractivity contribution in [3.8, 4) is 0 Å². The SMILES string of the molecule is CCNC(=NCC1(c2ccccc2Br)CC1)NCC1CN(C)CCN1C.I. The van der Waals surface area contributed by atoms with Gasteiger partial charge in [-0.15, -0.1) is 24.0 Å². The number of nitrogens with zero attached hydrogens (tertiary/aromatic N) is 3. The molecule has 152 valence electrons. The molecule has 7 heteroatoms. The summed E-state index contributed by atoms with van der Waals surface area (Å²) in [4.78, 5) is 9.78. The Bertz CT molecular complexity index is 635. The molecule has 0 amide bonds. The number of piperazine rings is 1. The molecule has 2 N–H and O–H groups in total. The first-order valence-corrected chi connectivity index (χ1v) is 10.5. The third-order valence-electron chi connectivity index (χ3n) is 5.67. The number of guanidine groups is 1. The van der Waals surface area contributed by atoms with Gasteiger partial charge in [0.15, 0.2) is 5.96 Å². The van der Waals surface area contributed by atoms with E-state index >= 15 is 0 Å². The molecule has 1 aliphatic carbocycles. The Kier molecular flexibility index (Phi) is 8.83. The van der Waals surface area contributed by atoms with Crippen LogP contribution in [0, 0.1) is 0 Å². The topological polar surface area (TPSA) is 42.9 Å². The highest BCUT2D eigenvalue weighted by atomic mass is 127. The summed E-state index contributed by atoms with van der Waals surface area (Å²) in [5.41, 5.74) is 1.61. The molecule has 1 saturated carbocycles. The van der Waals surface area contributed by atoms with Crippen LogP contribution in [-0.4, -0.2) is 75.2 Å². The van der Waals surface area contributed by atoms with Gasteiger partial charge in [-0.1, -0.05) is 34.1 Å².